The van der Waals surface area contributed by atoms with Crippen molar-refractivity contribution in [1.29, 1.82) is 0 Å². The number of aromatic nitrogens is 1. The number of H-pyrrole nitrogens is 1. The van der Waals surface area contributed by atoms with Crippen molar-refractivity contribution in [3.8, 4) is 11.1 Å². The molecule has 3 nitrogen and oxygen atoms in total. The van der Waals surface area contributed by atoms with Gasteiger partial charge in [0.1, 0.15) is 0 Å². The molecule has 1 aromatic heterocycles. The monoisotopic (exact) mass is 254 g/mol. The van der Waals surface area contributed by atoms with E-state index < -0.39 is 0 Å². The molecule has 0 fully saturated rings. The maximum atomic E-state index is 12.5. The number of carbonyl (C=O) groups is 1. The molecule has 3 heteroatoms. The second-order valence-electron chi connectivity index (χ2n) is 5.30. The number of likely N-dealkylation sites (N-methyl/N-ethyl adjacent to an activating group) is 1. The van der Waals surface area contributed by atoms with Crippen LogP contribution in [0.15, 0.2) is 36.5 Å². The van der Waals surface area contributed by atoms with Crippen LogP contribution in [0.3, 0.4) is 0 Å². The van der Waals surface area contributed by atoms with Crippen molar-refractivity contribution in [3.05, 3.63) is 47.8 Å². The summed E-state index contributed by atoms with van der Waals surface area (Å²) in [5.74, 6) is 0.441. The van der Waals surface area contributed by atoms with Gasteiger partial charge < -0.3 is 9.88 Å². The van der Waals surface area contributed by atoms with Crippen LogP contribution in [0.2, 0.25) is 0 Å². The van der Waals surface area contributed by atoms with E-state index in [0.29, 0.717) is 5.92 Å². The van der Waals surface area contributed by atoms with Gasteiger partial charge in [-0.15, -0.1) is 0 Å². The largest absolute Gasteiger partial charge is 0.363 e. The molecule has 2 unspecified atom stereocenters. The SMILES string of the molecule is CC1c2[nH]cc(-c3ccccc3)c2C(=O)N(C)C1C. The first-order chi connectivity index (χ1) is 9.11. The molecule has 2 atom stereocenters. The second-order valence-corrected chi connectivity index (χ2v) is 5.30. The van der Waals surface area contributed by atoms with Crippen LogP contribution in [0, 0.1) is 0 Å². The summed E-state index contributed by atoms with van der Waals surface area (Å²) in [6, 6.07) is 10.3. The van der Waals surface area contributed by atoms with Gasteiger partial charge in [0.2, 0.25) is 0 Å². The third-order valence-corrected chi connectivity index (χ3v) is 4.32. The van der Waals surface area contributed by atoms with Crippen molar-refractivity contribution in [2.75, 3.05) is 7.05 Å². The van der Waals surface area contributed by atoms with Crippen molar-refractivity contribution in [2.45, 2.75) is 25.8 Å². The number of nitrogens with zero attached hydrogens (tertiary/aromatic N) is 1. The van der Waals surface area contributed by atoms with Crippen LogP contribution in [-0.2, 0) is 0 Å². The Labute approximate surface area is 113 Å². The maximum absolute atomic E-state index is 12.5. The first kappa shape index (κ1) is 12.0. The molecular weight excluding hydrogens is 236 g/mol. The molecule has 0 saturated heterocycles. The lowest BCUT2D eigenvalue weighted by Gasteiger charge is -2.35. The van der Waals surface area contributed by atoms with Crippen LogP contribution in [0.25, 0.3) is 11.1 Å². The number of hydrogen-bond donors (Lipinski definition) is 1. The zero-order valence-corrected chi connectivity index (χ0v) is 11.5. The normalized spacial score (nSPS) is 22.5. The molecule has 0 spiro atoms. The standard InChI is InChI=1S/C16H18N2O/c1-10-11(2)18(3)16(19)14-13(9-17-15(10)14)12-7-5-4-6-8-12/h4-11,17H,1-3H3. The number of carbonyl (C=O) groups excluding carboxylic acids is 1. The predicted molar refractivity (Wildman–Crippen MR) is 76.2 cm³/mol. The molecule has 2 aromatic rings. The summed E-state index contributed by atoms with van der Waals surface area (Å²) >= 11 is 0. The van der Waals surface area contributed by atoms with Gasteiger partial charge in [0.25, 0.3) is 5.91 Å². The van der Waals surface area contributed by atoms with Gasteiger partial charge in [-0.3, -0.25) is 4.79 Å². The smallest absolute Gasteiger partial charge is 0.256 e. The van der Waals surface area contributed by atoms with E-state index in [0.717, 1.165) is 22.4 Å². The Balaban J connectivity index is 2.18. The van der Waals surface area contributed by atoms with E-state index in [1.54, 1.807) is 0 Å². The van der Waals surface area contributed by atoms with Gasteiger partial charge in [0.05, 0.1) is 5.56 Å². The number of amides is 1. The van der Waals surface area contributed by atoms with E-state index in [9.17, 15) is 4.79 Å². The molecule has 0 aliphatic carbocycles. The summed E-state index contributed by atoms with van der Waals surface area (Å²) < 4.78 is 0. The van der Waals surface area contributed by atoms with Crippen LogP contribution >= 0.6 is 0 Å². The molecule has 1 aliphatic rings. The summed E-state index contributed by atoms with van der Waals surface area (Å²) in [5, 5.41) is 0. The van der Waals surface area contributed by atoms with Crippen LogP contribution < -0.4 is 0 Å². The fraction of sp³-hybridized carbons (Fsp3) is 0.312. The molecule has 19 heavy (non-hydrogen) atoms. The van der Waals surface area contributed by atoms with Crippen LogP contribution in [-0.4, -0.2) is 28.9 Å². The maximum Gasteiger partial charge on any atom is 0.256 e. The fourth-order valence-corrected chi connectivity index (χ4v) is 2.81. The van der Waals surface area contributed by atoms with E-state index in [-0.39, 0.29) is 11.9 Å². The molecule has 3 rings (SSSR count). The second kappa shape index (κ2) is 4.26. The molecule has 1 amide bonds. The summed E-state index contributed by atoms with van der Waals surface area (Å²) in [6.45, 7) is 4.26. The van der Waals surface area contributed by atoms with Gasteiger partial charge in [0.15, 0.2) is 0 Å². The predicted octanol–water partition coefficient (Wildman–Crippen LogP) is 3.26. The van der Waals surface area contributed by atoms with Crippen molar-refractivity contribution >= 4 is 5.91 Å². The van der Waals surface area contributed by atoms with E-state index in [2.05, 4.69) is 18.8 Å². The Bertz CT molecular complexity index is 615. The number of nitrogens with one attached hydrogen (secondary N) is 1. The molecule has 1 N–H and O–H groups in total. The van der Waals surface area contributed by atoms with E-state index >= 15 is 0 Å². The number of benzene rings is 1. The minimum Gasteiger partial charge on any atom is -0.363 e. The molecule has 0 saturated carbocycles. The summed E-state index contributed by atoms with van der Waals surface area (Å²) in [5.41, 5.74) is 3.99. The molecule has 0 bridgehead atoms. The van der Waals surface area contributed by atoms with Crippen molar-refractivity contribution in [3.63, 3.8) is 0 Å². The fourth-order valence-electron chi connectivity index (χ4n) is 2.81. The number of aromatic amines is 1. The Morgan fingerprint density at radius 1 is 1.16 bits per heavy atom. The third-order valence-electron chi connectivity index (χ3n) is 4.32. The highest BCUT2D eigenvalue weighted by molar-refractivity contribution is 6.03. The lowest BCUT2D eigenvalue weighted by atomic mass is 9.88. The Morgan fingerprint density at radius 2 is 1.84 bits per heavy atom. The molecule has 0 radical (unpaired) electrons. The van der Waals surface area contributed by atoms with Gasteiger partial charge in [0, 0.05) is 36.5 Å². The summed E-state index contributed by atoms with van der Waals surface area (Å²) in [7, 11) is 1.88. The van der Waals surface area contributed by atoms with E-state index in [4.69, 9.17) is 0 Å². The highest BCUT2D eigenvalue weighted by atomic mass is 16.2. The zero-order valence-electron chi connectivity index (χ0n) is 11.5. The summed E-state index contributed by atoms with van der Waals surface area (Å²) in [4.78, 5) is 17.7. The van der Waals surface area contributed by atoms with E-state index in [1.807, 2.05) is 48.5 Å². The average molecular weight is 254 g/mol. The van der Waals surface area contributed by atoms with Crippen molar-refractivity contribution in [2.24, 2.45) is 0 Å². The van der Waals surface area contributed by atoms with Crippen LogP contribution in [0.1, 0.15) is 35.8 Å². The Kier molecular flexibility index (Phi) is 2.70. The van der Waals surface area contributed by atoms with Crippen molar-refractivity contribution in [1.82, 2.24) is 9.88 Å². The van der Waals surface area contributed by atoms with Gasteiger partial charge >= 0.3 is 0 Å². The minimum atomic E-state index is 0.112. The first-order valence-electron chi connectivity index (χ1n) is 6.65. The lowest BCUT2D eigenvalue weighted by Crippen LogP contribution is -2.43. The van der Waals surface area contributed by atoms with Crippen molar-refractivity contribution < 1.29 is 4.79 Å². The van der Waals surface area contributed by atoms with E-state index in [1.165, 1.54) is 0 Å². The topological polar surface area (TPSA) is 36.1 Å². The molecule has 1 aliphatic heterocycles. The molecular formula is C16H18N2O. The van der Waals surface area contributed by atoms with Gasteiger partial charge in [-0.25, -0.2) is 0 Å². The summed E-state index contributed by atoms with van der Waals surface area (Å²) in [6.07, 6.45) is 1.96. The number of rotatable bonds is 1. The molecule has 1 aromatic carbocycles. The number of hydrogen-bond acceptors (Lipinski definition) is 1. The molecule has 2 heterocycles. The Hall–Kier alpha value is -2.03. The van der Waals surface area contributed by atoms with Crippen LogP contribution in [0.5, 0.6) is 0 Å². The van der Waals surface area contributed by atoms with Gasteiger partial charge in [-0.1, -0.05) is 37.3 Å². The van der Waals surface area contributed by atoms with Crippen LogP contribution in [0.4, 0.5) is 0 Å². The first-order valence-corrected chi connectivity index (χ1v) is 6.65. The third kappa shape index (κ3) is 1.69. The van der Waals surface area contributed by atoms with Gasteiger partial charge in [-0.05, 0) is 12.5 Å². The average Bonchev–Trinajstić information content (AvgIpc) is 2.88. The quantitative estimate of drug-likeness (QED) is 0.833. The minimum absolute atomic E-state index is 0.112. The highest BCUT2D eigenvalue weighted by Gasteiger charge is 2.35. The lowest BCUT2D eigenvalue weighted by molar-refractivity contribution is 0.0697. The van der Waals surface area contributed by atoms with Gasteiger partial charge in [-0.2, -0.15) is 0 Å². The number of fused-ring (bicyclic) bond motifs is 1. The molecule has 98 valence electrons. The zero-order chi connectivity index (χ0) is 13.6. The highest BCUT2D eigenvalue weighted by Crippen LogP contribution is 2.37. The Morgan fingerprint density at radius 3 is 2.53 bits per heavy atom.